The Morgan fingerprint density at radius 3 is 2.40 bits per heavy atom. The first-order valence-electron chi connectivity index (χ1n) is 5.65. The lowest BCUT2D eigenvalue weighted by atomic mass is 9.98. The Bertz CT molecular complexity index is 638. The number of aromatic nitrogens is 1. The summed E-state index contributed by atoms with van der Waals surface area (Å²) in [6.45, 7) is 0. The zero-order valence-electron chi connectivity index (χ0n) is 10.4. The molecule has 0 spiro atoms. The zero-order chi connectivity index (χ0) is 14.8. The highest BCUT2D eigenvalue weighted by atomic mass is 19.4. The van der Waals surface area contributed by atoms with Gasteiger partial charge in [-0.05, 0) is 17.7 Å². The third kappa shape index (κ3) is 2.64. The topological polar surface area (TPSA) is 39.2 Å². The van der Waals surface area contributed by atoms with Crippen LogP contribution >= 0.6 is 0 Å². The number of methoxy groups -OCH3 is 1. The number of esters is 1. The van der Waals surface area contributed by atoms with Crippen LogP contribution in [-0.4, -0.2) is 18.1 Å². The highest BCUT2D eigenvalue weighted by molar-refractivity contribution is 5.95. The summed E-state index contributed by atoms with van der Waals surface area (Å²) >= 11 is 0. The van der Waals surface area contributed by atoms with Gasteiger partial charge in [0.1, 0.15) is 0 Å². The Morgan fingerprint density at radius 2 is 1.75 bits per heavy atom. The van der Waals surface area contributed by atoms with Crippen LogP contribution in [0.4, 0.5) is 13.2 Å². The summed E-state index contributed by atoms with van der Waals surface area (Å²) in [6.07, 6.45) is -3.19. The lowest BCUT2D eigenvalue weighted by Crippen LogP contribution is -2.10. The number of hydrogen-bond donors (Lipinski definition) is 0. The van der Waals surface area contributed by atoms with Gasteiger partial charge in [0.05, 0.1) is 12.7 Å². The minimum Gasteiger partial charge on any atom is -0.464 e. The van der Waals surface area contributed by atoms with Crippen LogP contribution in [0.5, 0.6) is 0 Å². The maximum absolute atomic E-state index is 13.0. The number of nitrogens with zero attached hydrogens (tertiary/aromatic N) is 1. The zero-order valence-corrected chi connectivity index (χ0v) is 10.4. The summed E-state index contributed by atoms with van der Waals surface area (Å²) < 4.78 is 43.6. The van der Waals surface area contributed by atoms with E-state index in [0.717, 1.165) is 13.2 Å². The lowest BCUT2D eigenvalue weighted by molar-refractivity contribution is -0.137. The van der Waals surface area contributed by atoms with Crippen LogP contribution < -0.4 is 0 Å². The van der Waals surface area contributed by atoms with E-state index >= 15 is 0 Å². The second-order valence-electron chi connectivity index (χ2n) is 3.93. The minimum atomic E-state index is -4.51. The number of alkyl halides is 3. The Balaban J connectivity index is 2.67. The number of halogens is 3. The number of carbonyl (C=O) groups is 1. The van der Waals surface area contributed by atoms with Crippen LogP contribution in [0.15, 0.2) is 42.6 Å². The predicted octanol–water partition coefficient (Wildman–Crippen LogP) is 3.55. The SMILES string of the molecule is COC(=O)c1ncccc1-c1ccccc1C(F)(F)F. The van der Waals surface area contributed by atoms with E-state index in [-0.39, 0.29) is 16.8 Å². The van der Waals surface area contributed by atoms with E-state index in [4.69, 9.17) is 0 Å². The number of benzene rings is 1. The van der Waals surface area contributed by atoms with Crippen molar-refractivity contribution in [1.82, 2.24) is 4.98 Å². The molecule has 2 rings (SSSR count). The number of hydrogen-bond acceptors (Lipinski definition) is 3. The molecular weight excluding hydrogens is 271 g/mol. The number of ether oxygens (including phenoxy) is 1. The van der Waals surface area contributed by atoms with Crippen molar-refractivity contribution < 1.29 is 22.7 Å². The molecule has 0 amide bonds. The van der Waals surface area contributed by atoms with Gasteiger partial charge in [0.2, 0.25) is 0 Å². The molecule has 1 aromatic heterocycles. The minimum absolute atomic E-state index is 0.0901. The molecule has 0 unspecified atom stereocenters. The van der Waals surface area contributed by atoms with Crippen LogP contribution in [-0.2, 0) is 10.9 Å². The van der Waals surface area contributed by atoms with Gasteiger partial charge in [0.25, 0.3) is 0 Å². The average molecular weight is 281 g/mol. The molecule has 0 aliphatic heterocycles. The first-order chi connectivity index (χ1) is 9.45. The predicted molar refractivity (Wildman–Crippen MR) is 66.0 cm³/mol. The quantitative estimate of drug-likeness (QED) is 0.790. The number of pyridine rings is 1. The van der Waals surface area contributed by atoms with Crippen LogP contribution in [0.25, 0.3) is 11.1 Å². The molecule has 2 aromatic rings. The molecule has 0 radical (unpaired) electrons. The van der Waals surface area contributed by atoms with Gasteiger partial charge in [-0.1, -0.05) is 24.3 Å². The third-order valence-corrected chi connectivity index (χ3v) is 2.71. The lowest BCUT2D eigenvalue weighted by Gasteiger charge is -2.14. The summed E-state index contributed by atoms with van der Waals surface area (Å²) in [5.41, 5.74) is -0.981. The number of carbonyl (C=O) groups excluding carboxylic acids is 1. The molecule has 1 heterocycles. The second kappa shape index (κ2) is 5.32. The Hall–Kier alpha value is -2.37. The van der Waals surface area contributed by atoms with Crippen LogP contribution in [0.2, 0.25) is 0 Å². The highest BCUT2D eigenvalue weighted by Gasteiger charge is 2.34. The second-order valence-corrected chi connectivity index (χ2v) is 3.93. The molecule has 0 bridgehead atoms. The van der Waals surface area contributed by atoms with E-state index in [9.17, 15) is 18.0 Å². The third-order valence-electron chi connectivity index (χ3n) is 2.71. The van der Waals surface area contributed by atoms with Crippen molar-refractivity contribution in [2.75, 3.05) is 7.11 Å². The van der Waals surface area contributed by atoms with E-state index in [1.165, 1.54) is 36.5 Å². The molecule has 104 valence electrons. The van der Waals surface area contributed by atoms with Crippen LogP contribution in [0.1, 0.15) is 16.1 Å². The Kier molecular flexibility index (Phi) is 3.74. The summed E-state index contributed by atoms with van der Waals surface area (Å²) in [4.78, 5) is 15.4. The Labute approximate surface area is 113 Å². The van der Waals surface area contributed by atoms with Crippen molar-refractivity contribution in [3.05, 3.63) is 53.9 Å². The standard InChI is InChI=1S/C14H10F3NO2/c1-20-13(19)12-10(6-4-8-18-12)9-5-2-3-7-11(9)14(15,16)17/h2-8H,1H3. The van der Waals surface area contributed by atoms with Crippen molar-refractivity contribution >= 4 is 5.97 Å². The molecular formula is C14H10F3NO2. The molecule has 3 nitrogen and oxygen atoms in total. The molecule has 0 atom stereocenters. The van der Waals surface area contributed by atoms with Crippen molar-refractivity contribution in [2.45, 2.75) is 6.18 Å². The largest absolute Gasteiger partial charge is 0.464 e. The van der Waals surface area contributed by atoms with Crippen molar-refractivity contribution in [2.24, 2.45) is 0 Å². The number of rotatable bonds is 2. The molecule has 0 saturated carbocycles. The average Bonchev–Trinajstić information content (AvgIpc) is 2.45. The molecule has 1 aromatic carbocycles. The van der Waals surface area contributed by atoms with Gasteiger partial charge in [-0.2, -0.15) is 13.2 Å². The van der Waals surface area contributed by atoms with E-state index in [2.05, 4.69) is 9.72 Å². The molecule has 0 N–H and O–H groups in total. The smallest absolute Gasteiger partial charge is 0.417 e. The monoisotopic (exact) mass is 281 g/mol. The fourth-order valence-electron chi connectivity index (χ4n) is 1.85. The van der Waals surface area contributed by atoms with E-state index in [0.29, 0.717) is 0 Å². The summed E-state index contributed by atoms with van der Waals surface area (Å²) in [5.74, 6) is -0.780. The fraction of sp³-hybridized carbons (Fsp3) is 0.143. The summed E-state index contributed by atoms with van der Waals surface area (Å²) in [6, 6.07) is 7.90. The molecule has 0 aliphatic carbocycles. The summed E-state index contributed by atoms with van der Waals surface area (Å²) in [5, 5.41) is 0. The van der Waals surface area contributed by atoms with Gasteiger partial charge in [0, 0.05) is 11.8 Å². The van der Waals surface area contributed by atoms with Gasteiger partial charge in [-0.3, -0.25) is 0 Å². The van der Waals surface area contributed by atoms with Gasteiger partial charge in [-0.25, -0.2) is 9.78 Å². The Morgan fingerprint density at radius 1 is 1.10 bits per heavy atom. The first kappa shape index (κ1) is 14.0. The van der Waals surface area contributed by atoms with E-state index in [1.54, 1.807) is 0 Å². The van der Waals surface area contributed by atoms with E-state index in [1.807, 2.05) is 0 Å². The highest BCUT2D eigenvalue weighted by Crippen LogP contribution is 2.37. The van der Waals surface area contributed by atoms with Gasteiger partial charge in [-0.15, -0.1) is 0 Å². The first-order valence-corrected chi connectivity index (χ1v) is 5.65. The van der Waals surface area contributed by atoms with Crippen LogP contribution in [0.3, 0.4) is 0 Å². The van der Waals surface area contributed by atoms with Crippen molar-refractivity contribution in [3.8, 4) is 11.1 Å². The maximum Gasteiger partial charge on any atom is 0.417 e. The summed E-state index contributed by atoms with van der Waals surface area (Å²) in [7, 11) is 1.15. The normalized spacial score (nSPS) is 11.2. The maximum atomic E-state index is 13.0. The van der Waals surface area contributed by atoms with Gasteiger partial charge < -0.3 is 4.74 Å². The van der Waals surface area contributed by atoms with E-state index < -0.39 is 17.7 Å². The molecule has 0 aliphatic rings. The molecule has 20 heavy (non-hydrogen) atoms. The molecule has 0 saturated heterocycles. The van der Waals surface area contributed by atoms with Gasteiger partial charge in [0.15, 0.2) is 5.69 Å². The van der Waals surface area contributed by atoms with Gasteiger partial charge >= 0.3 is 12.1 Å². The van der Waals surface area contributed by atoms with Crippen molar-refractivity contribution in [3.63, 3.8) is 0 Å². The molecule has 6 heteroatoms. The fourth-order valence-corrected chi connectivity index (χ4v) is 1.85. The van der Waals surface area contributed by atoms with Crippen LogP contribution in [0, 0.1) is 0 Å². The molecule has 0 fully saturated rings. The van der Waals surface area contributed by atoms with Crippen molar-refractivity contribution in [1.29, 1.82) is 0 Å².